The lowest BCUT2D eigenvalue weighted by Gasteiger charge is -2.34. The van der Waals surface area contributed by atoms with Gasteiger partial charge in [-0.25, -0.2) is 0 Å². The van der Waals surface area contributed by atoms with Crippen LogP contribution < -0.4 is 20.1 Å². The van der Waals surface area contributed by atoms with E-state index in [1.54, 1.807) is 52.8 Å². The Balaban J connectivity index is 3.22. The highest BCUT2D eigenvalue weighted by molar-refractivity contribution is 5.91. The van der Waals surface area contributed by atoms with E-state index in [2.05, 4.69) is 10.6 Å². The first-order chi connectivity index (χ1) is 15.8. The van der Waals surface area contributed by atoms with Crippen molar-refractivity contribution in [3.63, 3.8) is 0 Å². The molecule has 0 bridgehead atoms. The highest BCUT2D eigenvalue weighted by Crippen LogP contribution is 2.27. The summed E-state index contributed by atoms with van der Waals surface area (Å²) in [4.78, 5) is 51.1. The summed E-state index contributed by atoms with van der Waals surface area (Å²) in [5, 5.41) is 5.05. The Morgan fingerprint density at radius 2 is 1.65 bits per heavy atom. The minimum Gasteiger partial charge on any atom is -0.497 e. The Morgan fingerprint density at radius 3 is 2.15 bits per heavy atom. The van der Waals surface area contributed by atoms with Gasteiger partial charge in [0.1, 0.15) is 29.7 Å². The molecule has 10 heteroatoms. The Bertz CT molecular complexity index is 878. The second-order valence-electron chi connectivity index (χ2n) is 9.10. The number of carbonyl (C=O) groups is 4. The van der Waals surface area contributed by atoms with E-state index in [9.17, 15) is 19.2 Å². The van der Waals surface area contributed by atoms with Gasteiger partial charge >= 0.3 is 5.97 Å². The van der Waals surface area contributed by atoms with E-state index in [-0.39, 0.29) is 31.5 Å². The predicted molar refractivity (Wildman–Crippen MR) is 126 cm³/mol. The fraction of sp³-hybridized carbons (Fsp3) is 0.583. The van der Waals surface area contributed by atoms with Gasteiger partial charge in [-0.05, 0) is 38.8 Å². The number of esters is 1. The Kier molecular flexibility index (Phi) is 10.8. The van der Waals surface area contributed by atoms with Crippen molar-refractivity contribution in [3.8, 4) is 11.5 Å². The van der Waals surface area contributed by atoms with Crippen LogP contribution in [0.1, 0.15) is 47.1 Å². The van der Waals surface area contributed by atoms with Crippen LogP contribution in [-0.4, -0.2) is 67.5 Å². The second kappa shape index (κ2) is 12.8. The van der Waals surface area contributed by atoms with Crippen molar-refractivity contribution in [1.29, 1.82) is 0 Å². The number of benzene rings is 1. The van der Waals surface area contributed by atoms with Crippen molar-refractivity contribution in [1.82, 2.24) is 15.5 Å². The first-order valence-electron chi connectivity index (χ1n) is 11.0. The molecule has 1 aromatic rings. The van der Waals surface area contributed by atoms with Crippen LogP contribution in [0.5, 0.6) is 11.5 Å². The first kappa shape index (κ1) is 28.7. The molecule has 3 amide bonds. The van der Waals surface area contributed by atoms with Gasteiger partial charge in [-0.15, -0.1) is 0 Å². The zero-order valence-electron chi connectivity index (χ0n) is 21.3. The summed E-state index contributed by atoms with van der Waals surface area (Å²) >= 11 is 0. The summed E-state index contributed by atoms with van der Waals surface area (Å²) in [6, 6.07) is 4.22. The van der Waals surface area contributed by atoms with Crippen molar-refractivity contribution < 1.29 is 33.4 Å². The van der Waals surface area contributed by atoms with Crippen molar-refractivity contribution in [2.75, 3.05) is 27.3 Å². The molecule has 1 rings (SSSR count). The van der Waals surface area contributed by atoms with Gasteiger partial charge < -0.3 is 29.7 Å². The average Bonchev–Trinajstić information content (AvgIpc) is 2.74. The molecule has 0 heterocycles. The molecule has 2 N–H and O–H groups in total. The van der Waals surface area contributed by atoms with Gasteiger partial charge in [0.05, 0.1) is 27.3 Å². The largest absolute Gasteiger partial charge is 0.497 e. The number of ether oxygens (including phenoxy) is 3. The van der Waals surface area contributed by atoms with E-state index in [1.807, 2.05) is 0 Å². The molecule has 0 saturated heterocycles. The van der Waals surface area contributed by atoms with Gasteiger partial charge in [0.2, 0.25) is 17.7 Å². The van der Waals surface area contributed by atoms with Gasteiger partial charge in [-0.1, -0.05) is 13.8 Å². The van der Waals surface area contributed by atoms with E-state index in [4.69, 9.17) is 14.2 Å². The zero-order chi connectivity index (χ0) is 26.1. The molecule has 1 atom stereocenters. The third kappa shape index (κ3) is 9.29. The number of methoxy groups -OCH3 is 2. The molecule has 1 aromatic carbocycles. The molecule has 0 aliphatic heterocycles. The quantitative estimate of drug-likeness (QED) is 0.463. The van der Waals surface area contributed by atoms with Crippen LogP contribution in [0.15, 0.2) is 18.2 Å². The number of hydrogen-bond donors (Lipinski definition) is 2. The molecule has 0 fully saturated rings. The third-order valence-electron chi connectivity index (χ3n) is 4.71. The standard InChI is InChI=1S/C24H37N3O7/c1-15(2)22(23(31)26-13-21(30)34-24(4,5)6)27(20(29)12-25-16(3)28)14-17-9-10-18(32-7)11-19(17)33-8/h9-11,15,22H,12-14H2,1-8H3,(H,25,28)(H,26,31)/t22-/m0/s1. The van der Waals surface area contributed by atoms with Crippen LogP contribution >= 0.6 is 0 Å². The van der Waals surface area contributed by atoms with Crippen LogP contribution in [0.3, 0.4) is 0 Å². The second-order valence-corrected chi connectivity index (χ2v) is 9.10. The van der Waals surface area contributed by atoms with Crippen molar-refractivity contribution in [3.05, 3.63) is 23.8 Å². The number of rotatable bonds is 11. The molecule has 34 heavy (non-hydrogen) atoms. The molecule has 0 unspecified atom stereocenters. The number of nitrogens with one attached hydrogen (secondary N) is 2. The number of hydrogen-bond acceptors (Lipinski definition) is 7. The van der Waals surface area contributed by atoms with E-state index in [0.29, 0.717) is 17.1 Å². The molecule has 0 spiro atoms. The lowest BCUT2D eigenvalue weighted by Crippen LogP contribution is -2.54. The highest BCUT2D eigenvalue weighted by Gasteiger charge is 2.33. The Morgan fingerprint density at radius 1 is 1.00 bits per heavy atom. The van der Waals surface area contributed by atoms with E-state index in [0.717, 1.165) is 0 Å². The lowest BCUT2D eigenvalue weighted by atomic mass is 10.00. The number of nitrogens with zero attached hydrogens (tertiary/aromatic N) is 1. The van der Waals surface area contributed by atoms with Crippen molar-refractivity contribution in [2.24, 2.45) is 5.92 Å². The molecular formula is C24H37N3O7. The van der Waals surface area contributed by atoms with Gasteiger partial charge in [-0.3, -0.25) is 19.2 Å². The molecular weight excluding hydrogens is 442 g/mol. The van der Waals surface area contributed by atoms with E-state index >= 15 is 0 Å². The molecule has 0 aromatic heterocycles. The number of amides is 3. The Hall–Kier alpha value is -3.30. The van der Waals surface area contributed by atoms with Crippen LogP contribution in [-0.2, 0) is 30.5 Å². The molecule has 10 nitrogen and oxygen atoms in total. The summed E-state index contributed by atoms with van der Waals surface area (Å²) < 4.78 is 15.9. The molecule has 0 aliphatic rings. The zero-order valence-corrected chi connectivity index (χ0v) is 21.3. The lowest BCUT2D eigenvalue weighted by molar-refractivity contribution is -0.155. The van der Waals surface area contributed by atoms with Crippen molar-refractivity contribution >= 4 is 23.7 Å². The third-order valence-corrected chi connectivity index (χ3v) is 4.71. The average molecular weight is 480 g/mol. The summed E-state index contributed by atoms with van der Waals surface area (Å²) in [6.45, 7) is 9.50. The van der Waals surface area contributed by atoms with Gasteiger partial charge in [0.15, 0.2) is 0 Å². The van der Waals surface area contributed by atoms with Crippen LogP contribution in [0.25, 0.3) is 0 Å². The maximum atomic E-state index is 13.1. The van der Waals surface area contributed by atoms with E-state index in [1.165, 1.54) is 26.0 Å². The predicted octanol–water partition coefficient (Wildman–Crippen LogP) is 1.65. The maximum absolute atomic E-state index is 13.1. The topological polar surface area (TPSA) is 123 Å². The Labute approximate surface area is 201 Å². The van der Waals surface area contributed by atoms with Crippen LogP contribution in [0.2, 0.25) is 0 Å². The first-order valence-corrected chi connectivity index (χ1v) is 11.0. The number of carbonyl (C=O) groups excluding carboxylic acids is 4. The van der Waals surface area contributed by atoms with Gasteiger partial charge in [-0.2, -0.15) is 0 Å². The molecule has 0 radical (unpaired) electrons. The monoisotopic (exact) mass is 479 g/mol. The summed E-state index contributed by atoms with van der Waals surface area (Å²) in [5.41, 5.74) is -0.0464. The normalized spacial score (nSPS) is 11.9. The van der Waals surface area contributed by atoms with Crippen LogP contribution in [0.4, 0.5) is 0 Å². The minimum absolute atomic E-state index is 0.0360. The van der Waals surface area contributed by atoms with Crippen molar-refractivity contribution in [2.45, 2.75) is 59.7 Å². The smallest absolute Gasteiger partial charge is 0.325 e. The SMILES string of the molecule is COc1ccc(CN(C(=O)CNC(C)=O)[C@H](C(=O)NCC(=O)OC(C)(C)C)C(C)C)c(OC)c1. The minimum atomic E-state index is -0.921. The molecule has 190 valence electrons. The van der Waals surface area contributed by atoms with E-state index < -0.39 is 29.4 Å². The molecule has 0 saturated carbocycles. The summed E-state index contributed by atoms with van der Waals surface area (Å²) in [5.74, 6) is -1.17. The fourth-order valence-electron chi connectivity index (χ4n) is 3.25. The maximum Gasteiger partial charge on any atom is 0.325 e. The summed E-state index contributed by atoms with van der Waals surface area (Å²) in [7, 11) is 3.02. The van der Waals surface area contributed by atoms with Crippen LogP contribution in [0, 0.1) is 5.92 Å². The molecule has 0 aliphatic carbocycles. The van der Waals surface area contributed by atoms with Gasteiger partial charge in [0, 0.05) is 18.6 Å². The highest BCUT2D eigenvalue weighted by atomic mass is 16.6. The summed E-state index contributed by atoms with van der Waals surface area (Å²) in [6.07, 6.45) is 0. The fourth-order valence-corrected chi connectivity index (χ4v) is 3.25. The van der Waals surface area contributed by atoms with Gasteiger partial charge in [0.25, 0.3) is 0 Å².